The number of rotatable bonds is 1. The SMILES string of the molecule is CC(=O)c1ccc2c(c1)C(=O)CCO2. The first-order chi connectivity index (χ1) is 6.68. The Kier molecular flexibility index (Phi) is 2.08. The van der Waals surface area contributed by atoms with Crippen molar-refractivity contribution >= 4 is 11.6 Å². The number of fused-ring (bicyclic) bond motifs is 1. The topological polar surface area (TPSA) is 43.4 Å². The Morgan fingerprint density at radius 3 is 2.93 bits per heavy atom. The molecule has 0 aromatic heterocycles. The molecule has 72 valence electrons. The maximum atomic E-state index is 11.5. The van der Waals surface area contributed by atoms with Gasteiger partial charge in [-0.05, 0) is 25.1 Å². The molecule has 0 spiro atoms. The van der Waals surface area contributed by atoms with Gasteiger partial charge >= 0.3 is 0 Å². The number of ketones is 2. The molecule has 0 fully saturated rings. The van der Waals surface area contributed by atoms with Crippen molar-refractivity contribution in [1.29, 1.82) is 0 Å². The Balaban J connectivity index is 2.51. The van der Waals surface area contributed by atoms with Crippen LogP contribution in [0, 0.1) is 0 Å². The Bertz CT molecular complexity index is 407. The van der Waals surface area contributed by atoms with E-state index in [0.29, 0.717) is 29.9 Å². The van der Waals surface area contributed by atoms with Crippen molar-refractivity contribution in [2.24, 2.45) is 0 Å². The lowest BCUT2D eigenvalue weighted by molar-refractivity contribution is 0.0933. The monoisotopic (exact) mass is 190 g/mol. The minimum atomic E-state index is -0.0360. The van der Waals surface area contributed by atoms with Gasteiger partial charge < -0.3 is 4.74 Å². The van der Waals surface area contributed by atoms with Gasteiger partial charge in [0.2, 0.25) is 0 Å². The summed E-state index contributed by atoms with van der Waals surface area (Å²) in [5.41, 5.74) is 1.09. The molecular formula is C11H10O3. The summed E-state index contributed by atoms with van der Waals surface area (Å²) in [5, 5.41) is 0. The van der Waals surface area contributed by atoms with Gasteiger partial charge in [-0.25, -0.2) is 0 Å². The summed E-state index contributed by atoms with van der Waals surface area (Å²) in [6, 6.07) is 4.97. The summed E-state index contributed by atoms with van der Waals surface area (Å²) < 4.78 is 5.30. The highest BCUT2D eigenvalue weighted by Gasteiger charge is 2.19. The molecule has 1 aromatic rings. The van der Waals surface area contributed by atoms with E-state index in [4.69, 9.17) is 4.74 Å². The first-order valence-electron chi connectivity index (χ1n) is 4.49. The fourth-order valence-electron chi connectivity index (χ4n) is 1.48. The molecule has 0 aliphatic carbocycles. The number of ether oxygens (including phenoxy) is 1. The van der Waals surface area contributed by atoms with Crippen LogP contribution in [0.3, 0.4) is 0 Å². The van der Waals surface area contributed by atoms with Crippen LogP contribution in [0.4, 0.5) is 0 Å². The summed E-state index contributed by atoms with van der Waals surface area (Å²) >= 11 is 0. The lowest BCUT2D eigenvalue weighted by atomic mass is 10.0. The van der Waals surface area contributed by atoms with Crippen LogP contribution in [-0.4, -0.2) is 18.2 Å². The van der Waals surface area contributed by atoms with Crippen molar-refractivity contribution in [3.63, 3.8) is 0 Å². The number of carbonyl (C=O) groups excluding carboxylic acids is 2. The Labute approximate surface area is 81.7 Å². The second kappa shape index (κ2) is 3.25. The van der Waals surface area contributed by atoms with E-state index in [2.05, 4.69) is 0 Å². The molecule has 0 saturated carbocycles. The molecule has 1 heterocycles. The smallest absolute Gasteiger partial charge is 0.170 e. The minimum absolute atomic E-state index is 0.0360. The van der Waals surface area contributed by atoms with Gasteiger partial charge in [0.15, 0.2) is 11.6 Å². The standard InChI is InChI=1S/C11H10O3/c1-7(12)8-2-3-11-9(6-8)10(13)4-5-14-11/h2-3,6H,4-5H2,1H3. The van der Waals surface area contributed by atoms with Gasteiger partial charge in [-0.3, -0.25) is 9.59 Å². The molecule has 2 rings (SSSR count). The van der Waals surface area contributed by atoms with E-state index in [1.54, 1.807) is 18.2 Å². The predicted octanol–water partition coefficient (Wildman–Crippen LogP) is 1.85. The second-order valence-corrected chi connectivity index (χ2v) is 3.29. The van der Waals surface area contributed by atoms with E-state index in [1.165, 1.54) is 6.92 Å². The van der Waals surface area contributed by atoms with Crippen LogP contribution in [-0.2, 0) is 0 Å². The molecule has 0 saturated heterocycles. The lowest BCUT2D eigenvalue weighted by Crippen LogP contribution is -2.15. The summed E-state index contributed by atoms with van der Waals surface area (Å²) in [7, 11) is 0. The fraction of sp³-hybridized carbons (Fsp3) is 0.273. The Morgan fingerprint density at radius 1 is 1.43 bits per heavy atom. The molecule has 0 amide bonds. The van der Waals surface area contributed by atoms with Crippen molar-refractivity contribution in [3.8, 4) is 5.75 Å². The third-order valence-electron chi connectivity index (χ3n) is 2.27. The van der Waals surface area contributed by atoms with E-state index in [-0.39, 0.29) is 11.6 Å². The van der Waals surface area contributed by atoms with E-state index in [1.807, 2.05) is 0 Å². The minimum Gasteiger partial charge on any atom is -0.492 e. The van der Waals surface area contributed by atoms with Crippen molar-refractivity contribution in [2.75, 3.05) is 6.61 Å². The van der Waals surface area contributed by atoms with Gasteiger partial charge in [0.25, 0.3) is 0 Å². The second-order valence-electron chi connectivity index (χ2n) is 3.29. The Morgan fingerprint density at radius 2 is 2.21 bits per heavy atom. The average Bonchev–Trinajstić information content (AvgIpc) is 2.18. The summed E-state index contributed by atoms with van der Waals surface area (Å²) in [6.45, 7) is 1.92. The van der Waals surface area contributed by atoms with Crippen LogP contribution in [0.5, 0.6) is 5.75 Å². The largest absolute Gasteiger partial charge is 0.492 e. The van der Waals surface area contributed by atoms with Gasteiger partial charge in [0, 0.05) is 12.0 Å². The molecule has 0 radical (unpaired) electrons. The zero-order valence-corrected chi connectivity index (χ0v) is 7.87. The average molecular weight is 190 g/mol. The molecule has 14 heavy (non-hydrogen) atoms. The normalized spacial score (nSPS) is 14.5. The maximum absolute atomic E-state index is 11.5. The molecule has 1 aliphatic rings. The Hall–Kier alpha value is -1.64. The summed E-state index contributed by atoms with van der Waals surface area (Å²) in [4.78, 5) is 22.6. The van der Waals surface area contributed by atoms with Gasteiger partial charge in [-0.1, -0.05) is 0 Å². The molecular weight excluding hydrogens is 180 g/mol. The van der Waals surface area contributed by atoms with Crippen LogP contribution in [0.25, 0.3) is 0 Å². The van der Waals surface area contributed by atoms with E-state index in [9.17, 15) is 9.59 Å². The van der Waals surface area contributed by atoms with Gasteiger partial charge in [0.1, 0.15) is 5.75 Å². The first kappa shape index (κ1) is 8.94. The number of hydrogen-bond donors (Lipinski definition) is 0. The summed E-state index contributed by atoms with van der Waals surface area (Å²) in [6.07, 6.45) is 0.397. The van der Waals surface area contributed by atoms with Crippen LogP contribution in [0.2, 0.25) is 0 Å². The van der Waals surface area contributed by atoms with Crippen LogP contribution in [0.15, 0.2) is 18.2 Å². The van der Waals surface area contributed by atoms with Gasteiger partial charge in [-0.15, -0.1) is 0 Å². The zero-order valence-electron chi connectivity index (χ0n) is 7.87. The third kappa shape index (κ3) is 1.41. The van der Waals surface area contributed by atoms with Crippen molar-refractivity contribution in [1.82, 2.24) is 0 Å². The molecule has 0 N–H and O–H groups in total. The first-order valence-corrected chi connectivity index (χ1v) is 4.49. The number of hydrogen-bond acceptors (Lipinski definition) is 3. The third-order valence-corrected chi connectivity index (χ3v) is 2.27. The molecule has 3 heteroatoms. The van der Waals surface area contributed by atoms with Crippen LogP contribution < -0.4 is 4.74 Å². The molecule has 1 aromatic carbocycles. The number of carbonyl (C=O) groups is 2. The van der Waals surface area contributed by atoms with Gasteiger partial charge in [-0.2, -0.15) is 0 Å². The maximum Gasteiger partial charge on any atom is 0.170 e. The molecule has 0 bridgehead atoms. The van der Waals surface area contributed by atoms with E-state index in [0.717, 1.165) is 0 Å². The highest BCUT2D eigenvalue weighted by atomic mass is 16.5. The number of benzene rings is 1. The predicted molar refractivity (Wildman–Crippen MR) is 50.9 cm³/mol. The van der Waals surface area contributed by atoms with Crippen LogP contribution >= 0.6 is 0 Å². The van der Waals surface area contributed by atoms with E-state index < -0.39 is 0 Å². The van der Waals surface area contributed by atoms with Gasteiger partial charge in [0.05, 0.1) is 12.2 Å². The molecule has 3 nitrogen and oxygen atoms in total. The quantitative estimate of drug-likeness (QED) is 0.635. The fourth-order valence-corrected chi connectivity index (χ4v) is 1.48. The highest BCUT2D eigenvalue weighted by Crippen LogP contribution is 2.25. The van der Waals surface area contributed by atoms with E-state index >= 15 is 0 Å². The molecule has 0 atom stereocenters. The molecule has 1 aliphatic heterocycles. The van der Waals surface area contributed by atoms with Crippen molar-refractivity contribution < 1.29 is 14.3 Å². The summed E-state index contributed by atoms with van der Waals surface area (Å²) in [5.74, 6) is 0.603. The number of Topliss-reactive ketones (excluding diaryl/α,β-unsaturated/α-hetero) is 2. The van der Waals surface area contributed by atoms with Crippen LogP contribution in [0.1, 0.15) is 34.1 Å². The lowest BCUT2D eigenvalue weighted by Gasteiger charge is -2.16. The zero-order chi connectivity index (χ0) is 10.1. The van der Waals surface area contributed by atoms with Crippen molar-refractivity contribution in [3.05, 3.63) is 29.3 Å². The molecule has 0 unspecified atom stereocenters. The van der Waals surface area contributed by atoms with Crippen molar-refractivity contribution in [2.45, 2.75) is 13.3 Å². The highest BCUT2D eigenvalue weighted by molar-refractivity contribution is 6.03.